The number of fused-ring (bicyclic) bond motifs is 2. The summed E-state index contributed by atoms with van der Waals surface area (Å²) in [5.41, 5.74) is -0.0549. The van der Waals surface area contributed by atoms with Crippen molar-refractivity contribution in [3.63, 3.8) is 0 Å². The first-order chi connectivity index (χ1) is 8.22. The van der Waals surface area contributed by atoms with Crippen molar-refractivity contribution in [1.82, 2.24) is 10.6 Å². The molecule has 0 aromatic heterocycles. The molecular formula is C13H22N2O2. The van der Waals surface area contributed by atoms with Crippen LogP contribution in [0, 0.1) is 5.92 Å². The van der Waals surface area contributed by atoms with E-state index in [1.807, 2.05) is 0 Å². The van der Waals surface area contributed by atoms with Gasteiger partial charge in [0.15, 0.2) is 0 Å². The summed E-state index contributed by atoms with van der Waals surface area (Å²) in [5, 5.41) is 6.61. The molecule has 0 aromatic carbocycles. The van der Waals surface area contributed by atoms with E-state index in [1.54, 1.807) is 7.11 Å². The molecule has 1 amide bonds. The Morgan fingerprint density at radius 1 is 1.47 bits per heavy atom. The molecule has 3 fully saturated rings. The number of carbonyl (C=O) groups is 1. The van der Waals surface area contributed by atoms with Crippen LogP contribution < -0.4 is 10.6 Å². The van der Waals surface area contributed by atoms with Crippen molar-refractivity contribution >= 4 is 5.91 Å². The smallest absolute Gasteiger partial charge is 0.224 e. The Morgan fingerprint density at radius 3 is 2.76 bits per heavy atom. The molecule has 2 bridgehead atoms. The van der Waals surface area contributed by atoms with E-state index in [-0.39, 0.29) is 17.4 Å². The van der Waals surface area contributed by atoms with E-state index in [0.717, 1.165) is 25.7 Å². The van der Waals surface area contributed by atoms with Crippen molar-refractivity contribution in [1.29, 1.82) is 0 Å². The van der Waals surface area contributed by atoms with Crippen molar-refractivity contribution in [3.8, 4) is 0 Å². The molecule has 2 saturated heterocycles. The van der Waals surface area contributed by atoms with Crippen LogP contribution in [-0.2, 0) is 9.53 Å². The second-order valence-electron chi connectivity index (χ2n) is 5.85. The van der Waals surface area contributed by atoms with Crippen LogP contribution in [0.2, 0.25) is 0 Å². The van der Waals surface area contributed by atoms with Crippen LogP contribution in [0.5, 0.6) is 0 Å². The molecule has 3 aliphatic rings. The van der Waals surface area contributed by atoms with E-state index in [4.69, 9.17) is 4.74 Å². The van der Waals surface area contributed by atoms with Gasteiger partial charge in [0, 0.05) is 25.7 Å². The summed E-state index contributed by atoms with van der Waals surface area (Å²) in [4.78, 5) is 12.1. The minimum atomic E-state index is -0.0549. The molecule has 2 N–H and O–H groups in total. The third-order valence-electron chi connectivity index (χ3n) is 4.92. The number of nitrogens with one attached hydrogen (secondary N) is 2. The number of methoxy groups -OCH3 is 1. The molecule has 96 valence electrons. The van der Waals surface area contributed by atoms with Gasteiger partial charge in [0.2, 0.25) is 5.91 Å². The maximum absolute atomic E-state index is 12.1. The van der Waals surface area contributed by atoms with Gasteiger partial charge >= 0.3 is 0 Å². The summed E-state index contributed by atoms with van der Waals surface area (Å²) in [5.74, 6) is 0.427. The lowest BCUT2D eigenvalue weighted by molar-refractivity contribution is -0.129. The molecule has 1 saturated carbocycles. The largest absolute Gasteiger partial charge is 0.376 e. The van der Waals surface area contributed by atoms with Crippen LogP contribution in [-0.4, -0.2) is 37.2 Å². The van der Waals surface area contributed by atoms with Gasteiger partial charge in [-0.3, -0.25) is 4.79 Å². The van der Waals surface area contributed by atoms with E-state index in [0.29, 0.717) is 18.6 Å². The van der Waals surface area contributed by atoms with Gasteiger partial charge in [-0.1, -0.05) is 0 Å². The standard InChI is InChI=1S/C13H22N2O2/c1-17-13(5-2-6-13)8-14-12(16)10-7-9-3-4-11(10)15-9/h9-11,15H,2-8H2,1H3,(H,14,16). The van der Waals surface area contributed by atoms with Crippen LogP contribution in [0.1, 0.15) is 38.5 Å². The Balaban J connectivity index is 1.50. The van der Waals surface area contributed by atoms with Crippen LogP contribution in [0.25, 0.3) is 0 Å². The molecule has 3 atom stereocenters. The fraction of sp³-hybridized carbons (Fsp3) is 0.923. The van der Waals surface area contributed by atoms with Crippen LogP contribution >= 0.6 is 0 Å². The molecule has 0 aromatic rings. The average Bonchev–Trinajstić information content (AvgIpc) is 2.89. The maximum Gasteiger partial charge on any atom is 0.224 e. The number of ether oxygens (including phenoxy) is 1. The van der Waals surface area contributed by atoms with Gasteiger partial charge in [-0.05, 0) is 38.5 Å². The molecule has 0 spiro atoms. The van der Waals surface area contributed by atoms with E-state index in [9.17, 15) is 4.79 Å². The van der Waals surface area contributed by atoms with E-state index < -0.39 is 0 Å². The SMILES string of the molecule is COC1(CNC(=O)C2CC3CCC2N3)CCC1. The van der Waals surface area contributed by atoms with Crippen molar-refractivity contribution in [3.05, 3.63) is 0 Å². The lowest BCUT2D eigenvalue weighted by Gasteiger charge is -2.40. The first-order valence-electron chi connectivity index (χ1n) is 6.81. The van der Waals surface area contributed by atoms with Crippen molar-refractivity contribution in [2.24, 2.45) is 5.92 Å². The topological polar surface area (TPSA) is 50.4 Å². The van der Waals surface area contributed by atoms with E-state index in [2.05, 4.69) is 10.6 Å². The highest BCUT2D eigenvalue weighted by atomic mass is 16.5. The van der Waals surface area contributed by atoms with Crippen molar-refractivity contribution in [2.45, 2.75) is 56.2 Å². The van der Waals surface area contributed by atoms with Crippen molar-refractivity contribution < 1.29 is 9.53 Å². The normalized spacial score (nSPS) is 37.8. The first kappa shape index (κ1) is 11.5. The van der Waals surface area contributed by atoms with Crippen LogP contribution in [0.3, 0.4) is 0 Å². The summed E-state index contributed by atoms with van der Waals surface area (Å²) in [7, 11) is 1.75. The predicted octanol–water partition coefficient (Wildman–Crippen LogP) is 0.812. The lowest BCUT2D eigenvalue weighted by atomic mass is 9.79. The third kappa shape index (κ3) is 1.97. The first-order valence-corrected chi connectivity index (χ1v) is 6.81. The molecule has 0 radical (unpaired) electrons. The summed E-state index contributed by atoms with van der Waals surface area (Å²) in [6.45, 7) is 0.691. The number of carbonyl (C=O) groups excluding carboxylic acids is 1. The monoisotopic (exact) mass is 238 g/mol. The van der Waals surface area contributed by atoms with E-state index in [1.165, 1.54) is 12.8 Å². The van der Waals surface area contributed by atoms with Gasteiger partial charge < -0.3 is 15.4 Å². The maximum atomic E-state index is 12.1. The molecule has 3 unspecified atom stereocenters. The number of rotatable bonds is 4. The predicted molar refractivity (Wildman–Crippen MR) is 64.7 cm³/mol. The Hall–Kier alpha value is -0.610. The zero-order valence-corrected chi connectivity index (χ0v) is 10.5. The molecule has 1 aliphatic carbocycles. The number of hydrogen-bond donors (Lipinski definition) is 2. The van der Waals surface area contributed by atoms with Gasteiger partial charge in [-0.15, -0.1) is 0 Å². The Labute approximate surface area is 102 Å². The molecule has 17 heavy (non-hydrogen) atoms. The highest BCUT2D eigenvalue weighted by molar-refractivity contribution is 5.80. The fourth-order valence-corrected chi connectivity index (χ4v) is 3.52. The quantitative estimate of drug-likeness (QED) is 0.762. The lowest BCUT2D eigenvalue weighted by Crippen LogP contribution is -2.51. The molecule has 4 heteroatoms. The summed E-state index contributed by atoms with van der Waals surface area (Å²) in [6.07, 6.45) is 6.82. The van der Waals surface area contributed by atoms with Gasteiger partial charge in [0.25, 0.3) is 0 Å². The Morgan fingerprint density at radius 2 is 2.29 bits per heavy atom. The average molecular weight is 238 g/mol. The molecular weight excluding hydrogens is 216 g/mol. The van der Waals surface area contributed by atoms with Gasteiger partial charge in [0.05, 0.1) is 11.5 Å². The molecule has 2 aliphatic heterocycles. The Bertz CT molecular complexity index is 309. The summed E-state index contributed by atoms with van der Waals surface area (Å²) >= 11 is 0. The molecule has 2 heterocycles. The minimum Gasteiger partial charge on any atom is -0.376 e. The fourth-order valence-electron chi connectivity index (χ4n) is 3.52. The minimum absolute atomic E-state index is 0.0549. The van der Waals surface area contributed by atoms with E-state index >= 15 is 0 Å². The summed E-state index contributed by atoms with van der Waals surface area (Å²) in [6, 6.07) is 1.02. The Kier molecular flexibility index (Phi) is 2.87. The second-order valence-corrected chi connectivity index (χ2v) is 5.85. The van der Waals surface area contributed by atoms with Crippen molar-refractivity contribution in [2.75, 3.05) is 13.7 Å². The third-order valence-corrected chi connectivity index (χ3v) is 4.92. The highest BCUT2D eigenvalue weighted by Gasteiger charge is 2.44. The number of amides is 1. The molecule has 3 rings (SSSR count). The van der Waals surface area contributed by atoms with Gasteiger partial charge in [-0.2, -0.15) is 0 Å². The number of hydrogen-bond acceptors (Lipinski definition) is 3. The second kappa shape index (κ2) is 4.25. The highest BCUT2D eigenvalue weighted by Crippen LogP contribution is 2.35. The summed E-state index contributed by atoms with van der Waals surface area (Å²) < 4.78 is 5.52. The van der Waals surface area contributed by atoms with Gasteiger partial charge in [-0.25, -0.2) is 0 Å². The zero-order chi connectivity index (χ0) is 11.9. The zero-order valence-electron chi connectivity index (χ0n) is 10.5. The van der Waals surface area contributed by atoms with Crippen LogP contribution in [0.15, 0.2) is 0 Å². The molecule has 4 nitrogen and oxygen atoms in total. The van der Waals surface area contributed by atoms with Crippen LogP contribution in [0.4, 0.5) is 0 Å². The van der Waals surface area contributed by atoms with Gasteiger partial charge in [0.1, 0.15) is 0 Å².